The summed E-state index contributed by atoms with van der Waals surface area (Å²) in [4.78, 5) is 23.2. The van der Waals surface area contributed by atoms with E-state index >= 15 is 0 Å². The van der Waals surface area contributed by atoms with Crippen molar-refractivity contribution in [3.8, 4) is 5.75 Å². The van der Waals surface area contributed by atoms with Crippen LogP contribution in [-0.4, -0.2) is 20.3 Å². The summed E-state index contributed by atoms with van der Waals surface area (Å²) in [6.07, 6.45) is 0. The maximum absolute atomic E-state index is 12.3. The zero-order chi connectivity index (χ0) is 17.0. The molecule has 0 radical (unpaired) electrons. The number of nitrogens with two attached hydrogens (primary N) is 1. The molecule has 0 aromatic heterocycles. The minimum Gasteiger partial charge on any atom is -0.426 e. The van der Waals surface area contributed by atoms with Crippen molar-refractivity contribution in [3.05, 3.63) is 54.1 Å². The van der Waals surface area contributed by atoms with E-state index in [1.807, 2.05) is 0 Å². The van der Waals surface area contributed by atoms with Crippen LogP contribution in [0.25, 0.3) is 0 Å². The van der Waals surface area contributed by atoms with E-state index < -0.39 is 21.9 Å². The van der Waals surface area contributed by atoms with Crippen molar-refractivity contribution >= 4 is 27.6 Å². The molecule has 0 aliphatic carbocycles. The Labute approximate surface area is 133 Å². The Morgan fingerprint density at radius 2 is 1.65 bits per heavy atom. The van der Waals surface area contributed by atoms with Gasteiger partial charge in [0.1, 0.15) is 5.75 Å². The molecule has 2 aromatic rings. The van der Waals surface area contributed by atoms with Crippen LogP contribution in [0.2, 0.25) is 0 Å². The highest BCUT2D eigenvalue weighted by Gasteiger charge is 2.14. The first-order chi connectivity index (χ1) is 10.8. The van der Waals surface area contributed by atoms with Crippen molar-refractivity contribution in [3.63, 3.8) is 0 Å². The van der Waals surface area contributed by atoms with E-state index in [9.17, 15) is 18.0 Å². The van der Waals surface area contributed by atoms with Crippen LogP contribution in [0.1, 0.15) is 17.3 Å². The van der Waals surface area contributed by atoms with Gasteiger partial charge in [-0.05, 0) is 36.4 Å². The smallest absolute Gasteiger partial charge is 0.308 e. The fourth-order valence-corrected chi connectivity index (χ4v) is 2.34. The Bertz CT molecular complexity index is 844. The molecule has 2 aromatic carbocycles. The van der Waals surface area contributed by atoms with E-state index in [0.717, 1.165) is 0 Å². The second-order valence-electron chi connectivity index (χ2n) is 4.61. The van der Waals surface area contributed by atoms with Crippen molar-refractivity contribution in [2.75, 3.05) is 5.32 Å². The first-order valence-corrected chi connectivity index (χ1v) is 8.03. The highest BCUT2D eigenvalue weighted by atomic mass is 32.2. The Kier molecular flexibility index (Phi) is 4.77. The van der Waals surface area contributed by atoms with E-state index in [-0.39, 0.29) is 16.2 Å². The van der Waals surface area contributed by atoms with E-state index in [0.29, 0.717) is 5.69 Å². The summed E-state index contributed by atoms with van der Waals surface area (Å²) in [6.45, 7) is 1.24. The molecule has 1 amide bonds. The molecule has 0 aliphatic heterocycles. The van der Waals surface area contributed by atoms with Crippen molar-refractivity contribution in [1.29, 1.82) is 0 Å². The molecule has 3 N–H and O–H groups in total. The van der Waals surface area contributed by atoms with Crippen LogP contribution in [0.15, 0.2) is 53.4 Å². The second kappa shape index (κ2) is 6.59. The van der Waals surface area contributed by atoms with Gasteiger partial charge in [0.05, 0.1) is 10.5 Å². The van der Waals surface area contributed by atoms with Crippen molar-refractivity contribution < 1.29 is 22.7 Å². The van der Waals surface area contributed by atoms with Crippen LogP contribution < -0.4 is 15.2 Å². The average Bonchev–Trinajstić information content (AvgIpc) is 2.46. The number of carbonyl (C=O) groups excluding carboxylic acids is 2. The fourth-order valence-electron chi connectivity index (χ4n) is 1.82. The predicted octanol–water partition coefficient (Wildman–Crippen LogP) is 1.51. The topological polar surface area (TPSA) is 116 Å². The summed E-state index contributed by atoms with van der Waals surface area (Å²) in [5.41, 5.74) is 0.554. The van der Waals surface area contributed by atoms with E-state index in [4.69, 9.17) is 9.88 Å². The number of rotatable bonds is 4. The van der Waals surface area contributed by atoms with Gasteiger partial charge >= 0.3 is 5.97 Å². The van der Waals surface area contributed by atoms with Gasteiger partial charge in [0.2, 0.25) is 10.0 Å². The normalized spacial score (nSPS) is 10.9. The molecule has 7 nitrogen and oxygen atoms in total. The Balaban J connectivity index is 2.21. The lowest BCUT2D eigenvalue weighted by molar-refractivity contribution is -0.131. The molecule has 0 fully saturated rings. The molecule has 120 valence electrons. The van der Waals surface area contributed by atoms with Crippen LogP contribution in [-0.2, 0) is 14.8 Å². The van der Waals surface area contributed by atoms with Gasteiger partial charge in [0, 0.05) is 12.6 Å². The van der Waals surface area contributed by atoms with E-state index in [1.54, 1.807) is 12.1 Å². The number of para-hydroxylation sites is 1. The summed E-state index contributed by atoms with van der Waals surface area (Å²) >= 11 is 0. The van der Waals surface area contributed by atoms with Gasteiger partial charge in [-0.15, -0.1) is 0 Å². The monoisotopic (exact) mass is 334 g/mol. The predicted molar refractivity (Wildman–Crippen MR) is 83.5 cm³/mol. The van der Waals surface area contributed by atoms with Crippen molar-refractivity contribution in [2.24, 2.45) is 5.14 Å². The fraction of sp³-hybridized carbons (Fsp3) is 0.0667. The first kappa shape index (κ1) is 16.7. The summed E-state index contributed by atoms with van der Waals surface area (Å²) < 4.78 is 27.3. The zero-order valence-electron chi connectivity index (χ0n) is 12.1. The van der Waals surface area contributed by atoms with Gasteiger partial charge in [-0.3, -0.25) is 9.59 Å². The number of anilines is 1. The quantitative estimate of drug-likeness (QED) is 0.649. The molecular formula is C15H14N2O5S. The van der Waals surface area contributed by atoms with E-state index in [2.05, 4.69) is 5.32 Å². The molecule has 0 unspecified atom stereocenters. The molecular weight excluding hydrogens is 320 g/mol. The average molecular weight is 334 g/mol. The summed E-state index contributed by atoms with van der Waals surface area (Å²) in [5, 5.41) is 7.59. The SMILES string of the molecule is CC(=O)Oc1ccccc1C(=O)Nc1ccc(S(N)(=O)=O)cc1. The molecule has 0 aliphatic rings. The van der Waals surface area contributed by atoms with Gasteiger partial charge in [-0.25, -0.2) is 13.6 Å². The van der Waals surface area contributed by atoms with Gasteiger partial charge in [0.15, 0.2) is 0 Å². The maximum atomic E-state index is 12.3. The molecule has 8 heteroatoms. The Morgan fingerprint density at radius 1 is 1.04 bits per heavy atom. The lowest BCUT2D eigenvalue weighted by atomic mass is 10.2. The highest BCUT2D eigenvalue weighted by Crippen LogP contribution is 2.20. The number of amides is 1. The maximum Gasteiger partial charge on any atom is 0.308 e. The Hall–Kier alpha value is -2.71. The molecule has 0 atom stereocenters. The largest absolute Gasteiger partial charge is 0.426 e. The number of hydrogen-bond donors (Lipinski definition) is 2. The van der Waals surface area contributed by atoms with Gasteiger partial charge in [0.25, 0.3) is 5.91 Å². The molecule has 23 heavy (non-hydrogen) atoms. The first-order valence-electron chi connectivity index (χ1n) is 6.49. The molecule has 0 spiro atoms. The number of ether oxygens (including phenoxy) is 1. The molecule has 0 heterocycles. The third kappa shape index (κ3) is 4.38. The Morgan fingerprint density at radius 3 is 2.22 bits per heavy atom. The van der Waals surface area contributed by atoms with Crippen molar-refractivity contribution in [1.82, 2.24) is 0 Å². The second-order valence-corrected chi connectivity index (χ2v) is 6.17. The lowest BCUT2D eigenvalue weighted by Gasteiger charge is -2.09. The standard InChI is InChI=1S/C15H14N2O5S/c1-10(18)22-14-5-3-2-4-13(14)15(19)17-11-6-8-12(9-7-11)23(16,20)21/h2-9H,1H3,(H,17,19)(H2,16,20,21). The van der Waals surface area contributed by atoms with Crippen LogP contribution in [0.3, 0.4) is 0 Å². The molecule has 0 saturated carbocycles. The zero-order valence-corrected chi connectivity index (χ0v) is 13.0. The minimum atomic E-state index is -3.79. The van der Waals surface area contributed by atoms with Crippen LogP contribution in [0.4, 0.5) is 5.69 Å². The third-order valence-electron chi connectivity index (χ3n) is 2.83. The number of carbonyl (C=O) groups is 2. The minimum absolute atomic E-state index is 0.0594. The third-order valence-corrected chi connectivity index (χ3v) is 3.76. The van der Waals surface area contributed by atoms with Gasteiger partial charge in [-0.2, -0.15) is 0 Å². The van der Waals surface area contributed by atoms with Gasteiger partial charge in [-0.1, -0.05) is 12.1 Å². The number of nitrogens with one attached hydrogen (secondary N) is 1. The number of primary sulfonamides is 1. The van der Waals surface area contributed by atoms with Crippen molar-refractivity contribution in [2.45, 2.75) is 11.8 Å². The summed E-state index contributed by atoms with van der Waals surface area (Å²) in [6, 6.07) is 11.7. The molecule has 2 rings (SSSR count). The number of sulfonamides is 1. The number of benzene rings is 2. The summed E-state index contributed by atoms with van der Waals surface area (Å²) in [5.74, 6) is -0.897. The van der Waals surface area contributed by atoms with Crippen LogP contribution in [0, 0.1) is 0 Å². The molecule has 0 saturated heterocycles. The highest BCUT2D eigenvalue weighted by molar-refractivity contribution is 7.89. The number of hydrogen-bond acceptors (Lipinski definition) is 5. The van der Waals surface area contributed by atoms with E-state index in [1.165, 1.54) is 43.3 Å². The van der Waals surface area contributed by atoms with Crippen LogP contribution in [0.5, 0.6) is 5.75 Å². The lowest BCUT2D eigenvalue weighted by Crippen LogP contribution is -2.15. The molecule has 0 bridgehead atoms. The number of esters is 1. The summed E-state index contributed by atoms with van der Waals surface area (Å²) in [7, 11) is -3.79. The van der Waals surface area contributed by atoms with Crippen LogP contribution >= 0.6 is 0 Å². The van der Waals surface area contributed by atoms with Gasteiger partial charge < -0.3 is 10.1 Å².